The third kappa shape index (κ3) is 3.13. The van der Waals surface area contributed by atoms with E-state index in [1.807, 2.05) is 6.07 Å². The van der Waals surface area contributed by atoms with Crippen molar-refractivity contribution in [1.29, 1.82) is 0 Å². The molecule has 18 heavy (non-hydrogen) atoms. The molecule has 0 saturated heterocycles. The van der Waals surface area contributed by atoms with Gasteiger partial charge in [-0.15, -0.1) is 0 Å². The van der Waals surface area contributed by atoms with Crippen LogP contribution < -0.4 is 5.32 Å². The van der Waals surface area contributed by atoms with E-state index in [2.05, 4.69) is 18.3 Å². The summed E-state index contributed by atoms with van der Waals surface area (Å²) in [5.74, 6) is 0.611. The highest BCUT2D eigenvalue weighted by Gasteiger charge is 2.15. The molecule has 2 N–H and O–H groups in total. The molecular formula is C14H19NO2S. The topological polar surface area (TPSA) is 49.3 Å². The molecule has 1 aliphatic rings. The van der Waals surface area contributed by atoms with E-state index in [1.54, 1.807) is 0 Å². The maximum Gasteiger partial charge on any atom is 0.221 e. The van der Waals surface area contributed by atoms with Gasteiger partial charge in [-0.25, -0.2) is 0 Å². The summed E-state index contributed by atoms with van der Waals surface area (Å²) < 4.78 is 0. The van der Waals surface area contributed by atoms with Gasteiger partial charge in [0.2, 0.25) is 5.91 Å². The first kappa shape index (κ1) is 13.1. The Morgan fingerprint density at radius 1 is 1.50 bits per heavy atom. The van der Waals surface area contributed by atoms with Crippen molar-refractivity contribution in [3.63, 3.8) is 0 Å². The number of allylic oxidation sites excluding steroid dienone is 2. The molecule has 4 heteroatoms. The van der Waals surface area contributed by atoms with E-state index in [1.165, 1.54) is 36.7 Å². The van der Waals surface area contributed by atoms with Gasteiger partial charge in [0.15, 0.2) is 5.06 Å². The average Bonchev–Trinajstić information content (AvgIpc) is 2.52. The highest BCUT2D eigenvalue weighted by molar-refractivity contribution is 7.15. The smallest absolute Gasteiger partial charge is 0.221 e. The first-order valence-electron chi connectivity index (χ1n) is 6.36. The summed E-state index contributed by atoms with van der Waals surface area (Å²) in [5.41, 5.74) is 1.83. The molecule has 1 aromatic heterocycles. The molecular weight excluding hydrogens is 246 g/mol. The van der Waals surface area contributed by atoms with Crippen LogP contribution >= 0.6 is 11.3 Å². The summed E-state index contributed by atoms with van der Waals surface area (Å²) in [6.07, 6.45) is 6.86. The minimum absolute atomic E-state index is 0.155. The summed E-state index contributed by atoms with van der Waals surface area (Å²) in [7, 11) is 0. The highest BCUT2D eigenvalue weighted by Crippen LogP contribution is 2.40. The Morgan fingerprint density at radius 3 is 3.00 bits per heavy atom. The molecule has 3 nitrogen and oxygen atoms in total. The summed E-state index contributed by atoms with van der Waals surface area (Å²) >= 11 is 1.35. The molecule has 98 valence electrons. The predicted octanol–water partition coefficient (Wildman–Crippen LogP) is 4.01. The lowest BCUT2D eigenvalue weighted by atomic mass is 10.0. The lowest BCUT2D eigenvalue weighted by Gasteiger charge is -2.05. The molecule has 0 radical (unpaired) electrons. The second-order valence-electron chi connectivity index (χ2n) is 4.96. The number of carbonyl (C=O) groups excluding carboxylic acids is 1. The van der Waals surface area contributed by atoms with Crippen molar-refractivity contribution in [1.82, 2.24) is 0 Å². The van der Waals surface area contributed by atoms with E-state index in [0.29, 0.717) is 5.69 Å². The molecule has 0 fully saturated rings. The minimum atomic E-state index is -0.155. The lowest BCUT2D eigenvalue weighted by Crippen LogP contribution is -2.04. The van der Waals surface area contributed by atoms with Gasteiger partial charge in [-0.1, -0.05) is 24.3 Å². The predicted molar refractivity (Wildman–Crippen MR) is 75.9 cm³/mol. The van der Waals surface area contributed by atoms with Gasteiger partial charge in [-0.05, 0) is 43.2 Å². The summed E-state index contributed by atoms with van der Waals surface area (Å²) in [6.45, 7) is 3.73. The van der Waals surface area contributed by atoms with Crippen LogP contribution in [0.1, 0.15) is 44.4 Å². The van der Waals surface area contributed by atoms with Gasteiger partial charge < -0.3 is 10.4 Å². The van der Waals surface area contributed by atoms with E-state index in [-0.39, 0.29) is 11.0 Å². The van der Waals surface area contributed by atoms with Crippen LogP contribution in [0.15, 0.2) is 12.1 Å². The molecule has 0 aliphatic heterocycles. The zero-order valence-electron chi connectivity index (χ0n) is 10.8. The number of nitrogens with one attached hydrogen (secondary N) is 1. The van der Waals surface area contributed by atoms with Crippen molar-refractivity contribution in [3.05, 3.63) is 17.0 Å². The van der Waals surface area contributed by atoms with E-state index in [4.69, 9.17) is 0 Å². The zero-order chi connectivity index (χ0) is 13.1. The summed E-state index contributed by atoms with van der Waals surface area (Å²) in [6, 6.07) is 1.88. The van der Waals surface area contributed by atoms with E-state index < -0.39 is 0 Å². The number of thiophene rings is 1. The fourth-order valence-corrected chi connectivity index (χ4v) is 3.15. The fourth-order valence-electron chi connectivity index (χ4n) is 2.23. The van der Waals surface area contributed by atoms with Crippen LogP contribution in [0.2, 0.25) is 0 Å². The Morgan fingerprint density at radius 2 is 2.28 bits per heavy atom. The van der Waals surface area contributed by atoms with Crippen molar-refractivity contribution >= 4 is 28.5 Å². The summed E-state index contributed by atoms with van der Waals surface area (Å²) in [4.78, 5) is 12.1. The quantitative estimate of drug-likeness (QED) is 0.849. The maximum atomic E-state index is 11.0. The standard InChI is InChI=1S/C14H19NO2S/c1-9-4-3-5-11(7-6-9)13-8-12(14(17)18-13)15-10(2)16/h5,8-9,17H,3-4,6-7H2,1-2H3,(H,15,16). The number of aromatic hydroxyl groups is 1. The van der Waals surface area contributed by atoms with Crippen LogP contribution in [0.3, 0.4) is 0 Å². The van der Waals surface area contributed by atoms with Crippen molar-refractivity contribution in [2.24, 2.45) is 5.92 Å². The van der Waals surface area contributed by atoms with Gasteiger partial charge in [-0.3, -0.25) is 4.79 Å². The van der Waals surface area contributed by atoms with Crippen molar-refractivity contribution in [2.45, 2.75) is 39.5 Å². The molecule has 1 heterocycles. The van der Waals surface area contributed by atoms with Gasteiger partial charge in [-0.2, -0.15) is 0 Å². The Bertz CT molecular complexity index is 476. The number of amides is 1. The molecule has 0 spiro atoms. The molecule has 0 bridgehead atoms. The number of anilines is 1. The zero-order valence-corrected chi connectivity index (χ0v) is 11.6. The van der Waals surface area contributed by atoms with Crippen molar-refractivity contribution in [2.75, 3.05) is 5.32 Å². The molecule has 1 aromatic rings. The van der Waals surface area contributed by atoms with Crippen LogP contribution in [0, 0.1) is 5.92 Å². The Kier molecular flexibility index (Phi) is 4.07. The van der Waals surface area contributed by atoms with Gasteiger partial charge in [0.05, 0.1) is 5.69 Å². The lowest BCUT2D eigenvalue weighted by molar-refractivity contribution is -0.114. The number of hydrogen-bond donors (Lipinski definition) is 2. The number of rotatable bonds is 2. The largest absolute Gasteiger partial charge is 0.498 e. The third-order valence-electron chi connectivity index (χ3n) is 3.30. The van der Waals surface area contributed by atoms with Gasteiger partial charge in [0.25, 0.3) is 0 Å². The molecule has 1 aliphatic carbocycles. The Hall–Kier alpha value is -1.29. The minimum Gasteiger partial charge on any atom is -0.498 e. The van der Waals surface area contributed by atoms with Crippen LogP contribution in [0.5, 0.6) is 5.06 Å². The number of carbonyl (C=O) groups is 1. The molecule has 1 unspecified atom stereocenters. The molecule has 1 atom stereocenters. The normalized spacial score (nSPS) is 20.1. The average molecular weight is 265 g/mol. The van der Waals surface area contributed by atoms with E-state index in [9.17, 15) is 9.90 Å². The molecule has 0 saturated carbocycles. The first-order valence-corrected chi connectivity index (χ1v) is 7.17. The second kappa shape index (κ2) is 5.57. The van der Waals surface area contributed by atoms with Gasteiger partial charge >= 0.3 is 0 Å². The van der Waals surface area contributed by atoms with Crippen LogP contribution in [-0.4, -0.2) is 11.0 Å². The Labute approximate surface area is 112 Å². The molecule has 1 amide bonds. The highest BCUT2D eigenvalue weighted by atomic mass is 32.1. The van der Waals surface area contributed by atoms with Crippen molar-refractivity contribution < 1.29 is 9.90 Å². The van der Waals surface area contributed by atoms with Crippen molar-refractivity contribution in [3.8, 4) is 5.06 Å². The maximum absolute atomic E-state index is 11.0. The Balaban J connectivity index is 2.18. The fraction of sp³-hybridized carbons (Fsp3) is 0.500. The first-order chi connectivity index (χ1) is 8.56. The van der Waals surface area contributed by atoms with Gasteiger partial charge in [0, 0.05) is 11.8 Å². The van der Waals surface area contributed by atoms with Gasteiger partial charge in [0.1, 0.15) is 0 Å². The SMILES string of the molecule is CC(=O)Nc1cc(C2=CCCC(C)CC2)sc1O. The van der Waals surface area contributed by atoms with Crippen LogP contribution in [-0.2, 0) is 4.79 Å². The molecule has 0 aromatic carbocycles. The van der Waals surface area contributed by atoms with E-state index >= 15 is 0 Å². The van der Waals surface area contributed by atoms with E-state index in [0.717, 1.165) is 23.6 Å². The van der Waals surface area contributed by atoms with Crippen LogP contribution in [0.4, 0.5) is 5.69 Å². The third-order valence-corrected chi connectivity index (χ3v) is 4.31. The summed E-state index contributed by atoms with van der Waals surface area (Å²) in [5, 5.41) is 12.7. The number of hydrogen-bond acceptors (Lipinski definition) is 3. The molecule has 2 rings (SSSR count). The monoisotopic (exact) mass is 265 g/mol. The van der Waals surface area contributed by atoms with Crippen LogP contribution in [0.25, 0.3) is 5.57 Å². The second-order valence-corrected chi connectivity index (χ2v) is 5.99.